The number of benzene rings is 2. The highest BCUT2D eigenvalue weighted by molar-refractivity contribution is 6.04. The zero-order valence-electron chi connectivity index (χ0n) is 16.0. The van der Waals surface area contributed by atoms with Gasteiger partial charge in [-0.3, -0.25) is 9.59 Å². The molecule has 0 radical (unpaired) electrons. The Hall–Kier alpha value is -3.87. The van der Waals surface area contributed by atoms with Crippen molar-refractivity contribution in [1.82, 2.24) is 9.56 Å². The van der Waals surface area contributed by atoms with E-state index >= 15 is 0 Å². The Bertz CT molecular complexity index is 1240. The molecule has 0 saturated carbocycles. The summed E-state index contributed by atoms with van der Waals surface area (Å²) in [6.45, 7) is 3.78. The molecule has 1 N–H and O–H groups in total. The highest BCUT2D eigenvalue weighted by Gasteiger charge is 2.10. The zero-order chi connectivity index (χ0) is 20.4. The highest BCUT2D eigenvalue weighted by atomic mass is 16.5. The Labute approximate surface area is 166 Å². The van der Waals surface area contributed by atoms with Gasteiger partial charge in [0.25, 0.3) is 11.5 Å². The van der Waals surface area contributed by atoms with Gasteiger partial charge in [-0.1, -0.05) is 24.3 Å². The lowest BCUT2D eigenvalue weighted by Crippen LogP contribution is -2.14. The lowest BCUT2D eigenvalue weighted by Gasteiger charge is -2.12. The van der Waals surface area contributed by atoms with E-state index in [1.807, 2.05) is 37.3 Å². The molecule has 0 aliphatic rings. The van der Waals surface area contributed by atoms with Crippen LogP contribution in [0.1, 0.15) is 27.4 Å². The van der Waals surface area contributed by atoms with Crippen LogP contribution in [0.3, 0.4) is 0 Å². The molecule has 4 aromatic rings. The molecule has 2 aromatic heterocycles. The number of amides is 1. The van der Waals surface area contributed by atoms with Crippen LogP contribution in [-0.4, -0.2) is 15.5 Å². The van der Waals surface area contributed by atoms with Crippen LogP contribution < -0.4 is 15.6 Å². The van der Waals surface area contributed by atoms with Crippen molar-refractivity contribution < 1.29 is 14.1 Å². The molecule has 0 aliphatic carbocycles. The third kappa shape index (κ3) is 4.03. The summed E-state index contributed by atoms with van der Waals surface area (Å²) in [6, 6.07) is 17.5. The van der Waals surface area contributed by atoms with Crippen LogP contribution in [0.4, 0.5) is 5.69 Å². The normalized spacial score (nSPS) is 10.8. The number of anilines is 1. The van der Waals surface area contributed by atoms with Crippen molar-refractivity contribution in [2.45, 2.75) is 20.5 Å². The maximum absolute atomic E-state index is 12.3. The SMILES string of the molecule is Cc1cc2nc(COc3cc(NC(=O)c4ccccc4)ccc3C)cc(=O)n2o1. The van der Waals surface area contributed by atoms with Crippen LogP contribution in [0.15, 0.2) is 70.0 Å². The topological polar surface area (TPSA) is 85.8 Å². The van der Waals surface area contributed by atoms with Crippen molar-refractivity contribution in [3.63, 3.8) is 0 Å². The predicted octanol–water partition coefficient (Wildman–Crippen LogP) is 3.74. The van der Waals surface area contributed by atoms with Gasteiger partial charge in [0.15, 0.2) is 5.65 Å². The van der Waals surface area contributed by atoms with Crippen molar-refractivity contribution in [3.8, 4) is 5.75 Å². The van der Waals surface area contributed by atoms with Gasteiger partial charge >= 0.3 is 0 Å². The first-order valence-corrected chi connectivity index (χ1v) is 9.09. The van der Waals surface area contributed by atoms with Crippen molar-refractivity contribution in [3.05, 3.63) is 93.6 Å². The average molecular weight is 389 g/mol. The van der Waals surface area contributed by atoms with E-state index in [2.05, 4.69) is 10.3 Å². The molecule has 0 atom stereocenters. The van der Waals surface area contributed by atoms with Gasteiger partial charge in [0, 0.05) is 29.4 Å². The number of nitrogens with zero attached hydrogens (tertiary/aromatic N) is 2. The van der Waals surface area contributed by atoms with Gasteiger partial charge in [0.2, 0.25) is 0 Å². The van der Waals surface area contributed by atoms with Crippen LogP contribution in [0.5, 0.6) is 5.75 Å². The number of aromatic nitrogens is 2. The van der Waals surface area contributed by atoms with E-state index < -0.39 is 0 Å². The summed E-state index contributed by atoms with van der Waals surface area (Å²) >= 11 is 0. The van der Waals surface area contributed by atoms with E-state index in [0.29, 0.717) is 34.1 Å². The van der Waals surface area contributed by atoms with E-state index in [0.717, 1.165) is 10.1 Å². The second-order valence-electron chi connectivity index (χ2n) is 6.67. The highest BCUT2D eigenvalue weighted by Crippen LogP contribution is 2.24. The fraction of sp³-hybridized carbons (Fsp3) is 0.136. The maximum Gasteiger partial charge on any atom is 0.287 e. The van der Waals surface area contributed by atoms with Gasteiger partial charge in [-0.25, -0.2) is 4.98 Å². The van der Waals surface area contributed by atoms with Crippen LogP contribution in [0, 0.1) is 13.8 Å². The first-order chi connectivity index (χ1) is 14.0. The molecule has 2 aromatic carbocycles. The average Bonchev–Trinajstić information content (AvgIpc) is 3.10. The molecule has 0 aliphatic heterocycles. The number of ether oxygens (including phenoxy) is 1. The minimum Gasteiger partial charge on any atom is -0.487 e. The van der Waals surface area contributed by atoms with Crippen LogP contribution in [0.25, 0.3) is 5.65 Å². The zero-order valence-corrected chi connectivity index (χ0v) is 16.0. The lowest BCUT2D eigenvalue weighted by molar-refractivity contribution is 0.102. The maximum atomic E-state index is 12.3. The Morgan fingerprint density at radius 3 is 2.69 bits per heavy atom. The Kier molecular flexibility index (Phi) is 4.87. The molecule has 2 heterocycles. The summed E-state index contributed by atoms with van der Waals surface area (Å²) in [4.78, 5) is 28.9. The summed E-state index contributed by atoms with van der Waals surface area (Å²) in [5.41, 5.74) is 2.72. The molecule has 0 saturated heterocycles. The van der Waals surface area contributed by atoms with Crippen LogP contribution >= 0.6 is 0 Å². The Balaban J connectivity index is 1.51. The monoisotopic (exact) mass is 389 g/mol. The molecular weight excluding hydrogens is 370 g/mol. The second kappa shape index (κ2) is 7.63. The lowest BCUT2D eigenvalue weighted by atomic mass is 10.2. The van der Waals surface area contributed by atoms with Gasteiger partial charge in [-0.05, 0) is 37.6 Å². The molecule has 0 unspecified atom stereocenters. The predicted molar refractivity (Wildman–Crippen MR) is 108 cm³/mol. The fourth-order valence-electron chi connectivity index (χ4n) is 2.93. The number of aryl methyl sites for hydroxylation is 2. The molecule has 1 amide bonds. The summed E-state index contributed by atoms with van der Waals surface area (Å²) in [5.74, 6) is 1.00. The minimum absolute atomic E-state index is 0.118. The fourth-order valence-corrected chi connectivity index (χ4v) is 2.93. The van der Waals surface area contributed by atoms with Crippen molar-refractivity contribution in [2.75, 3.05) is 5.32 Å². The molecule has 7 heteroatoms. The number of hydrogen-bond acceptors (Lipinski definition) is 5. The summed E-state index contributed by atoms with van der Waals surface area (Å²) in [7, 11) is 0. The first-order valence-electron chi connectivity index (χ1n) is 9.09. The van der Waals surface area contributed by atoms with Gasteiger partial charge < -0.3 is 14.6 Å². The number of fused-ring (bicyclic) bond motifs is 1. The van der Waals surface area contributed by atoms with Crippen molar-refractivity contribution in [2.24, 2.45) is 0 Å². The smallest absolute Gasteiger partial charge is 0.287 e. The molecule has 146 valence electrons. The van der Waals surface area contributed by atoms with Gasteiger partial charge in [-0.2, -0.15) is 0 Å². The number of carbonyl (C=O) groups excluding carboxylic acids is 1. The minimum atomic E-state index is -0.303. The molecule has 29 heavy (non-hydrogen) atoms. The third-order valence-corrected chi connectivity index (χ3v) is 4.38. The quantitative estimate of drug-likeness (QED) is 0.562. The summed E-state index contributed by atoms with van der Waals surface area (Å²) < 4.78 is 12.3. The van der Waals surface area contributed by atoms with Crippen molar-refractivity contribution >= 4 is 17.2 Å². The first kappa shape index (κ1) is 18.5. The second-order valence-corrected chi connectivity index (χ2v) is 6.67. The Morgan fingerprint density at radius 2 is 1.90 bits per heavy atom. The van der Waals surface area contributed by atoms with Gasteiger partial charge in [-0.15, -0.1) is 4.57 Å². The van der Waals surface area contributed by atoms with Gasteiger partial charge in [0.05, 0.1) is 5.69 Å². The molecule has 0 bridgehead atoms. The molecule has 7 nitrogen and oxygen atoms in total. The standard InChI is InChI=1S/C22H19N3O4/c1-14-8-9-17(24-22(27)16-6-4-3-5-7-16)11-19(14)28-13-18-12-21(26)25-20(23-18)10-15(2)29-25/h3-12H,13H2,1-2H3,(H,24,27). The molecule has 0 fully saturated rings. The third-order valence-electron chi connectivity index (χ3n) is 4.38. The molecule has 4 rings (SSSR count). The van der Waals surface area contributed by atoms with E-state index in [1.165, 1.54) is 6.07 Å². The van der Waals surface area contributed by atoms with E-state index in [-0.39, 0.29) is 18.1 Å². The molecule has 0 spiro atoms. The van der Waals surface area contributed by atoms with Crippen molar-refractivity contribution in [1.29, 1.82) is 0 Å². The largest absolute Gasteiger partial charge is 0.487 e. The number of rotatable bonds is 5. The molecular formula is C22H19N3O4. The number of carbonyl (C=O) groups is 1. The van der Waals surface area contributed by atoms with E-state index in [1.54, 1.807) is 31.2 Å². The number of nitrogens with one attached hydrogen (secondary N) is 1. The van der Waals surface area contributed by atoms with Crippen LogP contribution in [0.2, 0.25) is 0 Å². The Morgan fingerprint density at radius 1 is 1.10 bits per heavy atom. The summed E-state index contributed by atoms with van der Waals surface area (Å²) in [5, 5.41) is 2.86. The number of hydrogen-bond donors (Lipinski definition) is 1. The summed E-state index contributed by atoms with van der Waals surface area (Å²) in [6.07, 6.45) is 0. The van der Waals surface area contributed by atoms with Crippen LogP contribution in [-0.2, 0) is 6.61 Å². The van der Waals surface area contributed by atoms with Gasteiger partial charge in [0.1, 0.15) is 18.1 Å². The van der Waals surface area contributed by atoms with E-state index in [4.69, 9.17) is 9.26 Å². The van der Waals surface area contributed by atoms with E-state index in [9.17, 15) is 9.59 Å².